The third kappa shape index (κ3) is 3.88. The molecule has 0 bridgehead atoms. The van der Waals surface area contributed by atoms with Crippen LogP contribution in [0.1, 0.15) is 5.82 Å². The molecule has 5 rings (SSSR count). The lowest BCUT2D eigenvalue weighted by molar-refractivity contribution is -0.898. The van der Waals surface area contributed by atoms with E-state index in [0.29, 0.717) is 22.4 Å². The van der Waals surface area contributed by atoms with E-state index >= 15 is 0 Å². The van der Waals surface area contributed by atoms with E-state index in [1.165, 1.54) is 11.8 Å². The molecule has 4 atom stereocenters. The number of carboxylic acid groups (broad SMARTS) is 1. The van der Waals surface area contributed by atoms with Gasteiger partial charge in [0.1, 0.15) is 18.0 Å². The molecule has 4 aliphatic rings. The van der Waals surface area contributed by atoms with Crippen molar-refractivity contribution in [2.45, 2.75) is 11.4 Å². The van der Waals surface area contributed by atoms with E-state index in [4.69, 9.17) is 5.73 Å². The number of oxime groups is 1. The minimum atomic E-state index is -1.45. The number of nitrogens with zero attached hydrogens (tertiary/aromatic N) is 5. The zero-order valence-electron chi connectivity index (χ0n) is 19.3. The fraction of sp³-hybridized carbons (Fsp3) is 0.550. The Morgan fingerprint density at radius 3 is 2.58 bits per heavy atom. The number of amides is 3. The first-order valence-corrected chi connectivity index (χ1v) is 13.0. The molecular formula is C20H24N8O6S2. The van der Waals surface area contributed by atoms with Crippen molar-refractivity contribution in [3.05, 3.63) is 17.1 Å². The molecule has 192 valence electrons. The second-order valence-corrected chi connectivity index (χ2v) is 11.5. The second-order valence-electron chi connectivity index (χ2n) is 9.62. The highest BCUT2D eigenvalue weighted by Gasteiger charge is 2.65. The van der Waals surface area contributed by atoms with Crippen molar-refractivity contribution in [1.82, 2.24) is 24.9 Å². The summed E-state index contributed by atoms with van der Waals surface area (Å²) in [5.74, 6) is -2.17. The monoisotopic (exact) mass is 536 g/mol. The van der Waals surface area contributed by atoms with Crippen LogP contribution in [0.4, 0.5) is 5.13 Å². The minimum absolute atomic E-state index is 0.0190. The molecule has 3 amide bonds. The number of carbonyl (C=O) groups excluding carboxylic acids is 4. The number of carboxylic acids is 1. The number of thioether (sulfide) groups is 1. The number of anilines is 1. The van der Waals surface area contributed by atoms with Gasteiger partial charge in [-0.2, -0.15) is 9.36 Å². The SMILES string of the molecule is CNC(=O)C1C2C[N+](C)(CC3=C(C(=O)[O-])N4C(=O)[C@@H](NC(=O)/C(=N\O)c5nsc(N)n5)[C@@H]4SC3)CC21. The lowest BCUT2D eigenvalue weighted by Crippen LogP contribution is -2.71. The molecule has 0 radical (unpaired) electrons. The number of piperidine rings is 1. The molecule has 36 heavy (non-hydrogen) atoms. The molecule has 0 aromatic carbocycles. The molecular weight excluding hydrogens is 512 g/mol. The third-order valence-electron chi connectivity index (χ3n) is 7.25. The van der Waals surface area contributed by atoms with Gasteiger partial charge in [0, 0.05) is 41.7 Å². The van der Waals surface area contributed by atoms with E-state index in [9.17, 15) is 29.5 Å². The highest BCUT2D eigenvalue weighted by Crippen LogP contribution is 2.54. The molecule has 1 saturated carbocycles. The summed E-state index contributed by atoms with van der Waals surface area (Å²) in [6.45, 7) is 1.94. The molecule has 3 aliphatic heterocycles. The molecule has 2 unspecified atom stereocenters. The van der Waals surface area contributed by atoms with Gasteiger partial charge in [-0.15, -0.1) is 11.8 Å². The summed E-state index contributed by atoms with van der Waals surface area (Å²) in [4.78, 5) is 54.6. The number of likely N-dealkylation sites (N-methyl/N-ethyl adjacent to an activating group) is 1. The van der Waals surface area contributed by atoms with Crippen LogP contribution in [-0.2, 0) is 19.2 Å². The third-order valence-corrected chi connectivity index (χ3v) is 9.13. The van der Waals surface area contributed by atoms with Crippen LogP contribution in [0.3, 0.4) is 0 Å². The van der Waals surface area contributed by atoms with Gasteiger partial charge in [0.2, 0.25) is 17.4 Å². The van der Waals surface area contributed by atoms with Crippen molar-refractivity contribution in [1.29, 1.82) is 0 Å². The van der Waals surface area contributed by atoms with Crippen molar-refractivity contribution >= 4 is 57.8 Å². The first-order valence-electron chi connectivity index (χ1n) is 11.1. The number of nitrogen functional groups attached to an aromatic ring is 1. The normalized spacial score (nSPS) is 32.9. The van der Waals surface area contributed by atoms with Crippen molar-refractivity contribution in [3.63, 3.8) is 0 Å². The lowest BCUT2D eigenvalue weighted by atomic mass is 10.0. The van der Waals surface area contributed by atoms with Crippen LogP contribution in [0.15, 0.2) is 16.4 Å². The predicted octanol–water partition coefficient (Wildman–Crippen LogP) is -3.23. The standard InChI is InChI=1S/C20H24N8O6S2/c1-22-15(29)10-8-4-28(2,5-9(8)10)3-7-6-35-18-12(17(31)27(18)13(7)19(32)33)23-16(30)11(25-34)14-24-20(21)36-26-14/h8-10,12,18H,3-6H2,1-2H3,(H5-,21,22,23,24,26,29,30,32,33,34)/t8?,9?,10?,12-,18+,28?/m1/s1. The van der Waals surface area contributed by atoms with Gasteiger partial charge in [0.05, 0.1) is 37.7 Å². The summed E-state index contributed by atoms with van der Waals surface area (Å²) in [6, 6.07) is -1.02. The molecule has 2 saturated heterocycles. The van der Waals surface area contributed by atoms with Gasteiger partial charge in [-0.05, 0) is 0 Å². The zero-order valence-corrected chi connectivity index (χ0v) is 21.0. The van der Waals surface area contributed by atoms with E-state index in [1.807, 2.05) is 7.05 Å². The van der Waals surface area contributed by atoms with Gasteiger partial charge in [-0.3, -0.25) is 19.3 Å². The van der Waals surface area contributed by atoms with Crippen LogP contribution in [0.5, 0.6) is 0 Å². The number of likely N-dealkylation sites (tertiary alicyclic amines) is 1. The summed E-state index contributed by atoms with van der Waals surface area (Å²) in [5, 5.41) is 28.9. The molecule has 5 N–H and O–H groups in total. The molecule has 16 heteroatoms. The summed E-state index contributed by atoms with van der Waals surface area (Å²) in [6.07, 6.45) is 0. The van der Waals surface area contributed by atoms with E-state index in [1.54, 1.807) is 7.05 Å². The Morgan fingerprint density at radius 1 is 1.33 bits per heavy atom. The number of aromatic nitrogens is 2. The molecule has 1 aromatic heterocycles. The van der Waals surface area contributed by atoms with Crippen LogP contribution in [-0.4, -0.2) is 104 Å². The van der Waals surface area contributed by atoms with E-state index < -0.39 is 34.9 Å². The Labute approximate surface area is 213 Å². The maximum absolute atomic E-state index is 12.9. The highest BCUT2D eigenvalue weighted by atomic mass is 32.2. The summed E-state index contributed by atoms with van der Waals surface area (Å²) >= 11 is 2.14. The maximum atomic E-state index is 12.9. The largest absolute Gasteiger partial charge is 0.543 e. The van der Waals surface area contributed by atoms with Crippen LogP contribution in [0.2, 0.25) is 0 Å². The van der Waals surface area contributed by atoms with E-state index in [2.05, 4.69) is 25.1 Å². The number of fused-ring (bicyclic) bond motifs is 2. The Morgan fingerprint density at radius 2 is 2.03 bits per heavy atom. The Kier molecular flexibility index (Phi) is 5.91. The molecule has 14 nitrogen and oxygen atoms in total. The average molecular weight is 537 g/mol. The Bertz CT molecular complexity index is 1220. The number of carbonyl (C=O) groups is 4. The van der Waals surface area contributed by atoms with Gasteiger partial charge in [-0.25, -0.2) is 0 Å². The Balaban J connectivity index is 1.28. The fourth-order valence-corrected chi connectivity index (χ4v) is 7.48. The summed E-state index contributed by atoms with van der Waals surface area (Å²) < 4.78 is 4.41. The van der Waals surface area contributed by atoms with Crippen molar-refractivity contribution < 1.29 is 34.0 Å². The fourth-order valence-electron chi connectivity index (χ4n) is 5.71. The van der Waals surface area contributed by atoms with Crippen molar-refractivity contribution in [2.75, 3.05) is 45.2 Å². The molecule has 0 spiro atoms. The van der Waals surface area contributed by atoms with Crippen LogP contribution < -0.4 is 21.5 Å². The molecule has 3 fully saturated rings. The number of aliphatic carboxylic acids is 1. The number of quaternary nitrogens is 1. The van der Waals surface area contributed by atoms with Crippen LogP contribution in [0, 0.1) is 17.8 Å². The van der Waals surface area contributed by atoms with E-state index in [-0.39, 0.29) is 40.3 Å². The second kappa shape index (κ2) is 8.70. The summed E-state index contributed by atoms with van der Waals surface area (Å²) in [7, 11) is 3.65. The van der Waals surface area contributed by atoms with Gasteiger partial charge < -0.3 is 36.0 Å². The molecule has 1 aromatic rings. The predicted molar refractivity (Wildman–Crippen MR) is 125 cm³/mol. The maximum Gasteiger partial charge on any atom is 0.278 e. The number of nitrogens with one attached hydrogen (secondary N) is 2. The van der Waals surface area contributed by atoms with E-state index in [0.717, 1.165) is 29.5 Å². The number of hydrogen-bond donors (Lipinski definition) is 4. The van der Waals surface area contributed by atoms with Crippen molar-refractivity contribution in [3.8, 4) is 0 Å². The average Bonchev–Trinajstić information content (AvgIpc) is 3.13. The van der Waals surface area contributed by atoms with Gasteiger partial charge in [-0.1, -0.05) is 5.16 Å². The summed E-state index contributed by atoms with van der Waals surface area (Å²) in [5.41, 5.74) is 5.43. The zero-order chi connectivity index (χ0) is 25.9. The topological polar surface area (TPSA) is 203 Å². The first-order chi connectivity index (χ1) is 17.1. The smallest absolute Gasteiger partial charge is 0.278 e. The molecule has 4 heterocycles. The van der Waals surface area contributed by atoms with Gasteiger partial charge in [0.15, 0.2) is 5.13 Å². The first kappa shape index (κ1) is 24.5. The quantitative estimate of drug-likeness (QED) is 0.0902. The van der Waals surface area contributed by atoms with Crippen LogP contribution in [0.25, 0.3) is 0 Å². The minimum Gasteiger partial charge on any atom is -0.543 e. The lowest BCUT2D eigenvalue weighted by Gasteiger charge is -2.51. The number of β-lactam (4-membered cyclic amide) rings is 1. The number of hydrogen-bond acceptors (Lipinski definition) is 12. The highest BCUT2D eigenvalue weighted by molar-refractivity contribution is 8.00. The van der Waals surface area contributed by atoms with Crippen molar-refractivity contribution in [2.24, 2.45) is 22.9 Å². The van der Waals surface area contributed by atoms with Gasteiger partial charge in [0.25, 0.3) is 11.8 Å². The molecule has 1 aliphatic carbocycles. The number of rotatable bonds is 7. The van der Waals surface area contributed by atoms with Crippen LogP contribution >= 0.6 is 23.3 Å². The Hall–Kier alpha value is -3.24. The number of nitrogens with two attached hydrogens (primary N) is 1. The van der Waals surface area contributed by atoms with Gasteiger partial charge >= 0.3 is 0 Å².